The Bertz CT molecular complexity index is 472. The number of hydrogen-bond donors (Lipinski definition) is 3. The molecule has 0 atom stereocenters. The van der Waals surface area contributed by atoms with Crippen LogP contribution in [0.5, 0.6) is 0 Å². The van der Waals surface area contributed by atoms with Gasteiger partial charge in [0.2, 0.25) is 0 Å². The fourth-order valence-electron chi connectivity index (χ4n) is 1.14. The Hall–Kier alpha value is -2.41. The normalized spacial score (nSPS) is 9.61. The summed E-state index contributed by atoms with van der Waals surface area (Å²) in [6.07, 6.45) is 0. The van der Waals surface area contributed by atoms with E-state index >= 15 is 0 Å². The van der Waals surface area contributed by atoms with E-state index in [0.717, 1.165) is 0 Å². The third kappa shape index (κ3) is 4.62. The number of rotatable bonds is 5. The molecule has 3 N–H and O–H groups in total. The van der Waals surface area contributed by atoms with Gasteiger partial charge in [0.1, 0.15) is 0 Å². The number of anilines is 1. The number of Topliss-reactive ketones (excluding diaryl/α,β-unsaturated/α-hetero) is 1. The predicted octanol–water partition coefficient (Wildman–Crippen LogP) is 1.03. The van der Waals surface area contributed by atoms with Gasteiger partial charge in [-0.3, -0.25) is 9.63 Å². The first-order valence-corrected chi connectivity index (χ1v) is 5.00. The van der Waals surface area contributed by atoms with Crippen LogP contribution in [0.3, 0.4) is 0 Å². The van der Waals surface area contributed by atoms with Gasteiger partial charge >= 0.3 is 12.0 Å². The highest BCUT2D eigenvalue weighted by molar-refractivity contribution is 5.96. The van der Waals surface area contributed by atoms with E-state index < -0.39 is 18.6 Å². The molecule has 0 saturated carbocycles. The van der Waals surface area contributed by atoms with Crippen molar-refractivity contribution in [1.29, 1.82) is 0 Å². The van der Waals surface area contributed by atoms with Gasteiger partial charge in [-0.05, 0) is 19.1 Å². The molecule has 18 heavy (non-hydrogen) atoms. The second-order valence-corrected chi connectivity index (χ2v) is 3.38. The summed E-state index contributed by atoms with van der Waals surface area (Å²) < 4.78 is 0. The number of aliphatic carboxylic acids is 1. The van der Waals surface area contributed by atoms with Crippen molar-refractivity contribution < 1.29 is 24.3 Å². The number of hydroxylamine groups is 1. The molecule has 0 spiro atoms. The Labute approximate surface area is 103 Å². The van der Waals surface area contributed by atoms with Crippen molar-refractivity contribution in [3.8, 4) is 0 Å². The van der Waals surface area contributed by atoms with Crippen LogP contribution in [0.2, 0.25) is 0 Å². The van der Waals surface area contributed by atoms with Crippen molar-refractivity contribution >= 4 is 23.5 Å². The van der Waals surface area contributed by atoms with Crippen molar-refractivity contribution in [1.82, 2.24) is 5.48 Å². The van der Waals surface area contributed by atoms with Crippen LogP contribution in [-0.4, -0.2) is 29.5 Å². The van der Waals surface area contributed by atoms with Gasteiger partial charge < -0.3 is 10.4 Å². The van der Waals surface area contributed by atoms with Crippen LogP contribution in [0.4, 0.5) is 10.5 Å². The second kappa shape index (κ2) is 6.36. The zero-order chi connectivity index (χ0) is 13.5. The molecule has 0 saturated heterocycles. The molecule has 2 amide bonds. The van der Waals surface area contributed by atoms with E-state index in [1.807, 2.05) is 5.48 Å². The van der Waals surface area contributed by atoms with Gasteiger partial charge in [0.25, 0.3) is 0 Å². The number of carbonyl (C=O) groups is 3. The van der Waals surface area contributed by atoms with Crippen LogP contribution in [0, 0.1) is 0 Å². The fourth-order valence-corrected chi connectivity index (χ4v) is 1.14. The molecule has 0 aromatic heterocycles. The third-order valence-corrected chi connectivity index (χ3v) is 1.89. The summed E-state index contributed by atoms with van der Waals surface area (Å²) in [5.41, 5.74) is 2.75. The first-order valence-electron chi connectivity index (χ1n) is 5.00. The van der Waals surface area contributed by atoms with Gasteiger partial charge in [-0.15, -0.1) is 0 Å². The van der Waals surface area contributed by atoms with E-state index in [9.17, 15) is 14.4 Å². The highest BCUT2D eigenvalue weighted by Gasteiger charge is 2.05. The van der Waals surface area contributed by atoms with E-state index in [1.54, 1.807) is 18.2 Å². The topological polar surface area (TPSA) is 105 Å². The van der Waals surface area contributed by atoms with Crippen LogP contribution in [0.15, 0.2) is 24.3 Å². The number of hydrogen-bond acceptors (Lipinski definition) is 4. The maximum atomic E-state index is 11.3. The Morgan fingerprint density at radius 2 is 2.06 bits per heavy atom. The van der Waals surface area contributed by atoms with Gasteiger partial charge in [-0.25, -0.2) is 15.1 Å². The summed E-state index contributed by atoms with van der Waals surface area (Å²) in [4.78, 5) is 36.9. The molecule has 0 aliphatic rings. The first kappa shape index (κ1) is 13.7. The molecule has 0 radical (unpaired) electrons. The highest BCUT2D eigenvalue weighted by Crippen LogP contribution is 2.10. The number of benzene rings is 1. The summed E-state index contributed by atoms with van der Waals surface area (Å²) >= 11 is 0. The Morgan fingerprint density at radius 3 is 2.67 bits per heavy atom. The third-order valence-electron chi connectivity index (χ3n) is 1.89. The largest absolute Gasteiger partial charge is 0.479 e. The summed E-state index contributed by atoms with van der Waals surface area (Å²) in [5, 5.41) is 10.7. The molecule has 0 bridgehead atoms. The van der Waals surface area contributed by atoms with Gasteiger partial charge in [-0.2, -0.15) is 0 Å². The van der Waals surface area contributed by atoms with Crippen molar-refractivity contribution in [3.05, 3.63) is 29.8 Å². The summed E-state index contributed by atoms with van der Waals surface area (Å²) in [5.74, 6) is -1.32. The quantitative estimate of drug-likeness (QED) is 0.536. The maximum Gasteiger partial charge on any atom is 0.343 e. The van der Waals surface area contributed by atoms with E-state index in [2.05, 4.69) is 10.2 Å². The zero-order valence-corrected chi connectivity index (χ0v) is 9.60. The number of amides is 2. The van der Waals surface area contributed by atoms with Crippen molar-refractivity contribution in [2.45, 2.75) is 6.92 Å². The van der Waals surface area contributed by atoms with Crippen LogP contribution < -0.4 is 10.8 Å². The molecule has 7 nitrogen and oxygen atoms in total. The Kier molecular flexibility index (Phi) is 4.82. The molecule has 1 aromatic carbocycles. The lowest BCUT2D eigenvalue weighted by Gasteiger charge is -2.07. The van der Waals surface area contributed by atoms with Gasteiger partial charge in [0.05, 0.1) is 0 Å². The molecule has 0 heterocycles. The van der Waals surface area contributed by atoms with E-state index in [1.165, 1.54) is 13.0 Å². The zero-order valence-electron chi connectivity index (χ0n) is 9.60. The number of ketones is 1. The summed E-state index contributed by atoms with van der Waals surface area (Å²) in [6.45, 7) is 0.774. The molecule has 1 rings (SSSR count). The van der Waals surface area contributed by atoms with E-state index in [-0.39, 0.29) is 5.78 Å². The smallest absolute Gasteiger partial charge is 0.343 e. The lowest BCUT2D eigenvalue weighted by Crippen LogP contribution is -2.30. The minimum atomic E-state index is -1.20. The molecular weight excluding hydrogens is 240 g/mol. The standard InChI is InChI=1S/C11H12N2O5/c1-7(14)8-3-2-4-9(5-8)12-11(17)13-18-6-10(15)16/h2-5H,6H2,1H3,(H,15,16)(H2,12,13,17). The molecular formula is C11H12N2O5. The molecule has 0 unspecified atom stereocenters. The van der Waals surface area contributed by atoms with Gasteiger partial charge in [0, 0.05) is 11.3 Å². The summed E-state index contributed by atoms with van der Waals surface area (Å²) in [7, 11) is 0. The molecule has 0 aliphatic heterocycles. The van der Waals surface area contributed by atoms with Gasteiger partial charge in [0.15, 0.2) is 12.4 Å². The molecule has 96 valence electrons. The number of nitrogens with one attached hydrogen (secondary N) is 2. The summed E-state index contributed by atoms with van der Waals surface area (Å²) in [6, 6.07) is 5.59. The monoisotopic (exact) mass is 252 g/mol. The number of urea groups is 1. The molecule has 0 fully saturated rings. The van der Waals surface area contributed by atoms with Crippen LogP contribution in [-0.2, 0) is 9.63 Å². The number of carboxylic acid groups (broad SMARTS) is 1. The highest BCUT2D eigenvalue weighted by atomic mass is 16.7. The van der Waals surface area contributed by atoms with Gasteiger partial charge in [-0.1, -0.05) is 12.1 Å². The van der Waals surface area contributed by atoms with E-state index in [0.29, 0.717) is 11.3 Å². The lowest BCUT2D eigenvalue weighted by atomic mass is 10.1. The first-order chi connectivity index (χ1) is 8.49. The molecule has 1 aromatic rings. The average molecular weight is 252 g/mol. The predicted molar refractivity (Wildman–Crippen MR) is 62.2 cm³/mol. The second-order valence-electron chi connectivity index (χ2n) is 3.38. The van der Waals surface area contributed by atoms with Crippen LogP contribution >= 0.6 is 0 Å². The van der Waals surface area contributed by atoms with Crippen molar-refractivity contribution in [3.63, 3.8) is 0 Å². The maximum absolute atomic E-state index is 11.3. The fraction of sp³-hybridized carbons (Fsp3) is 0.182. The minimum Gasteiger partial charge on any atom is -0.479 e. The Morgan fingerprint density at radius 1 is 1.33 bits per heavy atom. The molecule has 0 aliphatic carbocycles. The van der Waals surface area contributed by atoms with Crippen molar-refractivity contribution in [2.75, 3.05) is 11.9 Å². The van der Waals surface area contributed by atoms with Crippen LogP contribution in [0.25, 0.3) is 0 Å². The SMILES string of the molecule is CC(=O)c1cccc(NC(=O)NOCC(=O)O)c1. The number of carboxylic acids is 1. The van der Waals surface area contributed by atoms with E-state index in [4.69, 9.17) is 5.11 Å². The van der Waals surface area contributed by atoms with Crippen LogP contribution in [0.1, 0.15) is 17.3 Å². The lowest BCUT2D eigenvalue weighted by molar-refractivity contribution is -0.143. The Balaban J connectivity index is 2.51. The minimum absolute atomic E-state index is 0.124. The average Bonchev–Trinajstić information content (AvgIpc) is 2.28. The van der Waals surface area contributed by atoms with Crippen molar-refractivity contribution in [2.24, 2.45) is 0 Å². The number of carbonyl (C=O) groups excluding carboxylic acids is 2. The molecule has 7 heteroatoms.